The van der Waals surface area contributed by atoms with E-state index in [9.17, 15) is 4.79 Å². The van der Waals surface area contributed by atoms with Gasteiger partial charge in [0, 0.05) is 24.5 Å². The maximum absolute atomic E-state index is 11.8. The first-order valence-electron chi connectivity index (χ1n) is 4.89. The summed E-state index contributed by atoms with van der Waals surface area (Å²) in [7, 11) is 0. The highest BCUT2D eigenvalue weighted by Crippen LogP contribution is 2.05. The topological polar surface area (TPSA) is 68.0 Å². The average Bonchev–Trinajstić information content (AvgIpc) is 2.17. The van der Waals surface area contributed by atoms with Gasteiger partial charge in [0.1, 0.15) is 0 Å². The molecule has 1 heterocycles. The Bertz CT molecular complexity index is 361. The van der Waals surface area contributed by atoms with Crippen LogP contribution in [0, 0.1) is 6.92 Å². The second kappa shape index (κ2) is 4.40. The van der Waals surface area contributed by atoms with Crippen LogP contribution in [0.5, 0.6) is 0 Å². The molecule has 4 heteroatoms. The highest BCUT2D eigenvalue weighted by atomic mass is 16.1. The molecule has 1 aromatic heterocycles. The lowest BCUT2D eigenvalue weighted by atomic mass is 10.1. The molecule has 0 radical (unpaired) electrons. The molecule has 15 heavy (non-hydrogen) atoms. The van der Waals surface area contributed by atoms with E-state index >= 15 is 0 Å². The van der Waals surface area contributed by atoms with Crippen molar-refractivity contribution in [3.05, 3.63) is 29.6 Å². The Morgan fingerprint density at radius 2 is 2.20 bits per heavy atom. The van der Waals surface area contributed by atoms with E-state index in [0.717, 1.165) is 5.56 Å². The number of carbonyl (C=O) groups is 1. The lowest BCUT2D eigenvalue weighted by molar-refractivity contribution is 0.0915. The van der Waals surface area contributed by atoms with E-state index in [2.05, 4.69) is 10.3 Å². The molecule has 0 aliphatic carbocycles. The standard InChI is InChI=1S/C11H17N3O/c1-8-4-9(6-13-5-8)10(15)14-11(2,3)7-12/h4-6H,7,12H2,1-3H3,(H,14,15). The van der Waals surface area contributed by atoms with Crippen molar-refractivity contribution in [2.24, 2.45) is 5.73 Å². The first-order chi connectivity index (χ1) is 6.94. The van der Waals surface area contributed by atoms with Crippen LogP contribution >= 0.6 is 0 Å². The highest BCUT2D eigenvalue weighted by Gasteiger charge is 2.19. The van der Waals surface area contributed by atoms with Gasteiger partial charge in [0.05, 0.1) is 5.56 Å². The fraction of sp³-hybridized carbons (Fsp3) is 0.455. The smallest absolute Gasteiger partial charge is 0.253 e. The molecular weight excluding hydrogens is 190 g/mol. The van der Waals surface area contributed by atoms with Crippen molar-refractivity contribution in [2.45, 2.75) is 26.3 Å². The van der Waals surface area contributed by atoms with Crippen LogP contribution < -0.4 is 11.1 Å². The van der Waals surface area contributed by atoms with Gasteiger partial charge in [0.15, 0.2) is 0 Å². The van der Waals surface area contributed by atoms with E-state index in [4.69, 9.17) is 5.73 Å². The van der Waals surface area contributed by atoms with Crippen LogP contribution in [0.4, 0.5) is 0 Å². The normalized spacial score (nSPS) is 11.2. The van der Waals surface area contributed by atoms with Gasteiger partial charge in [0.25, 0.3) is 5.91 Å². The number of nitrogens with two attached hydrogens (primary N) is 1. The molecule has 0 aliphatic rings. The Labute approximate surface area is 89.9 Å². The van der Waals surface area contributed by atoms with E-state index < -0.39 is 0 Å². The van der Waals surface area contributed by atoms with Crippen molar-refractivity contribution in [3.63, 3.8) is 0 Å². The van der Waals surface area contributed by atoms with Crippen LogP contribution in [0.2, 0.25) is 0 Å². The van der Waals surface area contributed by atoms with Crippen LogP contribution in [-0.4, -0.2) is 23.0 Å². The number of rotatable bonds is 3. The van der Waals surface area contributed by atoms with Crippen LogP contribution in [0.15, 0.2) is 18.5 Å². The van der Waals surface area contributed by atoms with Crippen LogP contribution in [-0.2, 0) is 0 Å². The number of carbonyl (C=O) groups excluding carboxylic acids is 1. The molecule has 0 spiro atoms. The first kappa shape index (κ1) is 11.7. The Morgan fingerprint density at radius 1 is 1.53 bits per heavy atom. The lowest BCUT2D eigenvalue weighted by Crippen LogP contribution is -2.48. The van der Waals surface area contributed by atoms with Gasteiger partial charge in [0.2, 0.25) is 0 Å². The van der Waals surface area contributed by atoms with Crippen molar-refractivity contribution in [1.29, 1.82) is 0 Å². The molecule has 0 saturated carbocycles. The average molecular weight is 207 g/mol. The van der Waals surface area contributed by atoms with Crippen molar-refractivity contribution in [3.8, 4) is 0 Å². The fourth-order valence-electron chi connectivity index (χ4n) is 1.11. The van der Waals surface area contributed by atoms with Crippen molar-refractivity contribution >= 4 is 5.91 Å². The molecule has 4 nitrogen and oxygen atoms in total. The molecule has 0 atom stereocenters. The Balaban J connectivity index is 2.78. The van der Waals surface area contributed by atoms with E-state index in [1.165, 1.54) is 0 Å². The first-order valence-corrected chi connectivity index (χ1v) is 4.89. The third-order valence-electron chi connectivity index (χ3n) is 2.10. The van der Waals surface area contributed by atoms with Crippen molar-refractivity contribution < 1.29 is 4.79 Å². The summed E-state index contributed by atoms with van der Waals surface area (Å²) in [6, 6.07) is 1.80. The zero-order chi connectivity index (χ0) is 11.5. The van der Waals surface area contributed by atoms with E-state index in [1.807, 2.05) is 20.8 Å². The molecule has 1 aromatic rings. The Kier molecular flexibility index (Phi) is 3.42. The largest absolute Gasteiger partial charge is 0.346 e. The number of aromatic nitrogens is 1. The minimum Gasteiger partial charge on any atom is -0.346 e. The monoisotopic (exact) mass is 207 g/mol. The third-order valence-corrected chi connectivity index (χ3v) is 2.10. The summed E-state index contributed by atoms with van der Waals surface area (Å²) in [5.74, 6) is -0.137. The molecule has 82 valence electrons. The van der Waals surface area contributed by atoms with Gasteiger partial charge in [-0.25, -0.2) is 0 Å². The minimum absolute atomic E-state index is 0.137. The summed E-state index contributed by atoms with van der Waals surface area (Å²) >= 11 is 0. The molecule has 0 fully saturated rings. The fourth-order valence-corrected chi connectivity index (χ4v) is 1.11. The molecular formula is C11H17N3O. The maximum Gasteiger partial charge on any atom is 0.253 e. The zero-order valence-corrected chi connectivity index (χ0v) is 9.37. The van der Waals surface area contributed by atoms with Gasteiger partial charge in [-0.15, -0.1) is 0 Å². The second-order valence-electron chi connectivity index (χ2n) is 4.29. The van der Waals surface area contributed by atoms with Gasteiger partial charge in [-0.2, -0.15) is 0 Å². The van der Waals surface area contributed by atoms with Gasteiger partial charge >= 0.3 is 0 Å². The van der Waals surface area contributed by atoms with Gasteiger partial charge in [-0.3, -0.25) is 9.78 Å². The lowest BCUT2D eigenvalue weighted by Gasteiger charge is -2.24. The summed E-state index contributed by atoms with van der Waals surface area (Å²) in [4.78, 5) is 15.7. The number of hydrogen-bond acceptors (Lipinski definition) is 3. The SMILES string of the molecule is Cc1cncc(C(=O)NC(C)(C)CN)c1. The molecule has 0 aliphatic heterocycles. The molecule has 3 N–H and O–H groups in total. The maximum atomic E-state index is 11.8. The van der Waals surface area contributed by atoms with Gasteiger partial charge in [-0.05, 0) is 32.4 Å². The second-order valence-corrected chi connectivity index (χ2v) is 4.29. The molecule has 1 rings (SSSR count). The number of nitrogens with zero attached hydrogens (tertiary/aromatic N) is 1. The molecule has 1 amide bonds. The highest BCUT2D eigenvalue weighted by molar-refractivity contribution is 5.94. The van der Waals surface area contributed by atoms with Crippen LogP contribution in [0.25, 0.3) is 0 Å². The summed E-state index contributed by atoms with van der Waals surface area (Å²) in [6.07, 6.45) is 3.26. The number of amides is 1. The summed E-state index contributed by atoms with van der Waals surface area (Å²) in [5, 5.41) is 2.85. The van der Waals surface area contributed by atoms with Crippen molar-refractivity contribution in [2.75, 3.05) is 6.54 Å². The van der Waals surface area contributed by atoms with Gasteiger partial charge in [-0.1, -0.05) is 0 Å². The quantitative estimate of drug-likeness (QED) is 0.772. The van der Waals surface area contributed by atoms with Crippen LogP contribution in [0.1, 0.15) is 29.8 Å². The van der Waals surface area contributed by atoms with E-state index in [1.54, 1.807) is 18.5 Å². The Morgan fingerprint density at radius 3 is 2.73 bits per heavy atom. The predicted octanol–water partition coefficient (Wildman–Crippen LogP) is 0.857. The Hall–Kier alpha value is -1.42. The summed E-state index contributed by atoms with van der Waals surface area (Å²) in [5.41, 5.74) is 6.68. The summed E-state index contributed by atoms with van der Waals surface area (Å²) < 4.78 is 0. The molecule has 0 aromatic carbocycles. The summed E-state index contributed by atoms with van der Waals surface area (Å²) in [6.45, 7) is 6.07. The number of pyridine rings is 1. The zero-order valence-electron chi connectivity index (χ0n) is 9.37. The van der Waals surface area contributed by atoms with Crippen LogP contribution in [0.3, 0.4) is 0 Å². The van der Waals surface area contributed by atoms with Crippen molar-refractivity contribution in [1.82, 2.24) is 10.3 Å². The molecule has 0 unspecified atom stereocenters. The van der Waals surface area contributed by atoms with E-state index in [0.29, 0.717) is 12.1 Å². The van der Waals surface area contributed by atoms with Gasteiger partial charge < -0.3 is 11.1 Å². The number of aryl methyl sites for hydroxylation is 1. The third kappa shape index (κ3) is 3.32. The number of hydrogen-bond donors (Lipinski definition) is 2. The predicted molar refractivity (Wildman–Crippen MR) is 59.6 cm³/mol. The number of nitrogens with one attached hydrogen (secondary N) is 1. The van der Waals surface area contributed by atoms with E-state index in [-0.39, 0.29) is 11.4 Å². The minimum atomic E-state index is -0.388. The molecule has 0 saturated heterocycles. The molecule has 0 bridgehead atoms.